The zero-order valence-electron chi connectivity index (χ0n) is 13.1. The van der Waals surface area contributed by atoms with Crippen LogP contribution in [0.1, 0.15) is 31.1 Å². The summed E-state index contributed by atoms with van der Waals surface area (Å²) in [6.45, 7) is 9.08. The highest BCUT2D eigenvalue weighted by Gasteiger charge is 2.39. The van der Waals surface area contributed by atoms with Crippen LogP contribution in [0, 0.1) is 0 Å². The van der Waals surface area contributed by atoms with Gasteiger partial charge in [0.25, 0.3) is 5.91 Å². The van der Waals surface area contributed by atoms with E-state index < -0.39 is 17.9 Å². The predicted octanol–water partition coefficient (Wildman–Crippen LogP) is 3.68. The van der Waals surface area contributed by atoms with Gasteiger partial charge in [-0.05, 0) is 45.0 Å². The lowest BCUT2D eigenvalue weighted by Crippen LogP contribution is -2.55. The van der Waals surface area contributed by atoms with Crippen LogP contribution in [0.5, 0.6) is 0 Å². The minimum Gasteiger partial charge on any atom is -0.443 e. The molecule has 0 saturated carbocycles. The van der Waals surface area contributed by atoms with Crippen molar-refractivity contribution in [3.05, 3.63) is 41.4 Å². The predicted molar refractivity (Wildman–Crippen MR) is 86.2 cm³/mol. The third-order valence-corrected chi connectivity index (χ3v) is 3.47. The van der Waals surface area contributed by atoms with Gasteiger partial charge in [-0.15, -0.1) is 0 Å². The zero-order valence-corrected chi connectivity index (χ0v) is 13.8. The van der Waals surface area contributed by atoms with E-state index in [1.807, 2.05) is 0 Å². The van der Waals surface area contributed by atoms with E-state index in [-0.39, 0.29) is 5.91 Å². The molecule has 0 N–H and O–H groups in total. The van der Waals surface area contributed by atoms with E-state index in [0.29, 0.717) is 16.3 Å². The van der Waals surface area contributed by atoms with Crippen molar-refractivity contribution in [2.45, 2.75) is 32.5 Å². The van der Waals surface area contributed by atoms with Crippen LogP contribution in [-0.4, -0.2) is 35.7 Å². The van der Waals surface area contributed by atoms with Gasteiger partial charge >= 0.3 is 6.09 Å². The number of likely N-dealkylation sites (N-methyl/N-ethyl adjacent to an activating group) is 1. The summed E-state index contributed by atoms with van der Waals surface area (Å²) in [6.07, 6.45) is 0.371. The first kappa shape index (κ1) is 16.4. The molecule has 0 saturated heterocycles. The molecule has 1 aromatic rings. The van der Waals surface area contributed by atoms with Crippen molar-refractivity contribution in [1.29, 1.82) is 0 Å². The molecule has 1 aliphatic rings. The van der Waals surface area contributed by atoms with Gasteiger partial charge in [-0.25, -0.2) is 4.79 Å². The van der Waals surface area contributed by atoms with Crippen molar-refractivity contribution in [3.8, 4) is 0 Å². The minimum absolute atomic E-state index is 0.220. The summed E-state index contributed by atoms with van der Waals surface area (Å²) in [5, 5.41) is 0.432. The van der Waals surface area contributed by atoms with Crippen LogP contribution >= 0.6 is 11.6 Å². The van der Waals surface area contributed by atoms with Gasteiger partial charge in [0.2, 0.25) is 0 Å². The number of carbonyl (C=O) groups is 2. The van der Waals surface area contributed by atoms with Gasteiger partial charge < -0.3 is 9.64 Å². The molecule has 1 aromatic carbocycles. The second kappa shape index (κ2) is 5.65. The maximum atomic E-state index is 12.6. The van der Waals surface area contributed by atoms with Crippen molar-refractivity contribution >= 4 is 29.3 Å². The van der Waals surface area contributed by atoms with E-state index in [0.717, 1.165) is 0 Å². The summed E-state index contributed by atoms with van der Waals surface area (Å²) in [4.78, 5) is 27.8. The Morgan fingerprint density at radius 1 is 1.41 bits per heavy atom. The number of amides is 2. The molecule has 118 valence electrons. The third kappa shape index (κ3) is 2.95. The van der Waals surface area contributed by atoms with Crippen LogP contribution in [0.4, 0.5) is 10.5 Å². The third-order valence-electron chi connectivity index (χ3n) is 3.23. The van der Waals surface area contributed by atoms with Gasteiger partial charge in [-0.1, -0.05) is 18.2 Å². The van der Waals surface area contributed by atoms with E-state index in [1.54, 1.807) is 46.0 Å². The summed E-state index contributed by atoms with van der Waals surface area (Å²) in [5.74, 6) is -0.220. The average Bonchev–Trinajstić information content (AvgIpc) is 2.40. The Morgan fingerprint density at radius 2 is 2.05 bits per heavy atom. The second-order valence-electron chi connectivity index (χ2n) is 6.08. The number of hydrogen-bond donors (Lipinski definition) is 0. The molecule has 6 heteroatoms. The second-order valence-corrected chi connectivity index (χ2v) is 6.51. The number of ether oxygens (including phenoxy) is 1. The Hall–Kier alpha value is -2.01. The first-order valence-electron chi connectivity index (χ1n) is 6.87. The van der Waals surface area contributed by atoms with Crippen LogP contribution in [0.25, 0.3) is 0 Å². The smallest absolute Gasteiger partial charge is 0.416 e. The quantitative estimate of drug-likeness (QED) is 0.741. The van der Waals surface area contributed by atoms with E-state index >= 15 is 0 Å². The first-order valence-corrected chi connectivity index (χ1v) is 7.25. The first-order chi connectivity index (χ1) is 10.2. The van der Waals surface area contributed by atoms with E-state index in [4.69, 9.17) is 16.3 Å². The van der Waals surface area contributed by atoms with Crippen molar-refractivity contribution in [2.24, 2.45) is 0 Å². The highest BCUT2D eigenvalue weighted by Crippen LogP contribution is 2.33. The Morgan fingerprint density at radius 3 is 2.59 bits per heavy atom. The SMILES string of the molecule is C=CC1N(C)C(=O)c2cc(Cl)ccc2N1C(=O)OC(C)(C)C. The number of hydrogen-bond acceptors (Lipinski definition) is 3. The normalized spacial score (nSPS) is 18.0. The molecule has 5 nitrogen and oxygen atoms in total. The highest BCUT2D eigenvalue weighted by atomic mass is 35.5. The molecular weight excluding hydrogens is 304 g/mol. The highest BCUT2D eigenvalue weighted by molar-refractivity contribution is 6.31. The van der Waals surface area contributed by atoms with Crippen molar-refractivity contribution in [3.63, 3.8) is 0 Å². The number of rotatable bonds is 1. The molecule has 2 rings (SSSR count). The summed E-state index contributed by atoms with van der Waals surface area (Å²) >= 11 is 5.97. The van der Waals surface area contributed by atoms with Crippen LogP contribution in [0.15, 0.2) is 30.9 Å². The van der Waals surface area contributed by atoms with Gasteiger partial charge in [-0.2, -0.15) is 0 Å². The number of nitrogens with zero attached hydrogens (tertiary/aromatic N) is 2. The van der Waals surface area contributed by atoms with E-state index in [2.05, 4.69) is 6.58 Å². The number of benzene rings is 1. The van der Waals surface area contributed by atoms with Crippen LogP contribution in [0.3, 0.4) is 0 Å². The van der Waals surface area contributed by atoms with Gasteiger partial charge in [0.1, 0.15) is 11.8 Å². The molecule has 0 spiro atoms. The molecule has 0 fully saturated rings. The molecule has 2 amide bonds. The molecule has 1 aliphatic heterocycles. The Balaban J connectivity index is 2.54. The fraction of sp³-hybridized carbons (Fsp3) is 0.375. The lowest BCUT2D eigenvalue weighted by molar-refractivity contribution is 0.0512. The molecule has 0 aliphatic carbocycles. The standard InChI is InChI=1S/C16H19ClN2O3/c1-6-13-18(5)14(20)11-9-10(17)7-8-12(11)19(13)15(21)22-16(2,3)4/h6-9,13H,1H2,2-5H3. The Labute approximate surface area is 135 Å². The molecule has 1 atom stereocenters. The van der Waals surface area contributed by atoms with Crippen LogP contribution in [0.2, 0.25) is 5.02 Å². The van der Waals surface area contributed by atoms with Gasteiger partial charge in [0.15, 0.2) is 0 Å². The average molecular weight is 323 g/mol. The molecule has 0 radical (unpaired) electrons. The Kier molecular flexibility index (Phi) is 4.20. The molecular formula is C16H19ClN2O3. The molecule has 1 heterocycles. The summed E-state index contributed by atoms with van der Waals surface area (Å²) < 4.78 is 5.45. The number of fused-ring (bicyclic) bond motifs is 1. The monoisotopic (exact) mass is 322 g/mol. The molecule has 0 bridgehead atoms. The summed E-state index contributed by atoms with van der Waals surface area (Å²) in [5.41, 5.74) is 0.181. The molecule has 22 heavy (non-hydrogen) atoms. The van der Waals surface area contributed by atoms with E-state index in [1.165, 1.54) is 15.9 Å². The van der Waals surface area contributed by atoms with Crippen molar-refractivity contribution in [1.82, 2.24) is 4.90 Å². The lowest BCUT2D eigenvalue weighted by atomic mass is 10.1. The number of halogens is 1. The molecule has 0 aromatic heterocycles. The van der Waals surface area contributed by atoms with Crippen LogP contribution in [-0.2, 0) is 4.74 Å². The van der Waals surface area contributed by atoms with Crippen molar-refractivity contribution < 1.29 is 14.3 Å². The lowest BCUT2D eigenvalue weighted by Gasteiger charge is -2.41. The summed E-state index contributed by atoms with van der Waals surface area (Å²) in [6, 6.07) is 4.83. The van der Waals surface area contributed by atoms with Gasteiger partial charge in [0, 0.05) is 12.1 Å². The fourth-order valence-corrected chi connectivity index (χ4v) is 2.47. The largest absolute Gasteiger partial charge is 0.443 e. The maximum absolute atomic E-state index is 12.6. The van der Waals surface area contributed by atoms with Gasteiger partial charge in [-0.3, -0.25) is 9.69 Å². The minimum atomic E-state index is -0.643. The number of carbonyl (C=O) groups excluding carboxylic acids is 2. The zero-order chi connectivity index (χ0) is 16.7. The van der Waals surface area contributed by atoms with E-state index in [9.17, 15) is 9.59 Å². The Bertz CT molecular complexity index is 637. The maximum Gasteiger partial charge on any atom is 0.416 e. The van der Waals surface area contributed by atoms with Crippen molar-refractivity contribution in [2.75, 3.05) is 11.9 Å². The molecule has 1 unspecified atom stereocenters. The van der Waals surface area contributed by atoms with Gasteiger partial charge in [0.05, 0.1) is 11.3 Å². The number of anilines is 1. The summed E-state index contributed by atoms with van der Waals surface area (Å²) in [7, 11) is 1.61. The fourth-order valence-electron chi connectivity index (χ4n) is 2.30. The van der Waals surface area contributed by atoms with Crippen LogP contribution < -0.4 is 4.90 Å². The topological polar surface area (TPSA) is 49.9 Å².